The van der Waals surface area contributed by atoms with Crippen molar-refractivity contribution in [2.75, 3.05) is 0 Å². The van der Waals surface area contributed by atoms with E-state index in [0.717, 1.165) is 6.42 Å². The predicted molar refractivity (Wildman–Crippen MR) is 45.2 cm³/mol. The Kier molecular flexibility index (Phi) is 1.54. The number of hydrogen-bond donors (Lipinski definition) is 1. The van der Waals surface area contributed by atoms with Crippen molar-refractivity contribution < 1.29 is 5.11 Å². The van der Waals surface area contributed by atoms with Gasteiger partial charge in [0.15, 0.2) is 0 Å². The second-order valence-electron chi connectivity index (χ2n) is 4.73. The molecule has 2 saturated carbocycles. The molecule has 0 aromatic rings. The molecule has 0 radical (unpaired) electrons. The smallest absolute Gasteiger partial charge is 0.0713 e. The Labute approximate surface area is 68.8 Å². The second kappa shape index (κ2) is 2.22. The molecule has 0 amide bonds. The third-order valence-corrected chi connectivity index (χ3v) is 3.43. The topological polar surface area (TPSA) is 20.2 Å². The highest BCUT2D eigenvalue weighted by Gasteiger charge is 2.64. The van der Waals surface area contributed by atoms with E-state index in [0.29, 0.717) is 17.8 Å². The Morgan fingerprint density at radius 1 is 1.36 bits per heavy atom. The van der Waals surface area contributed by atoms with Crippen molar-refractivity contribution in [1.29, 1.82) is 0 Å². The molecule has 11 heavy (non-hydrogen) atoms. The van der Waals surface area contributed by atoms with Gasteiger partial charge in [0.1, 0.15) is 0 Å². The number of hydrogen-bond acceptors (Lipinski definition) is 1. The average molecular weight is 154 g/mol. The third kappa shape index (κ3) is 1.01. The zero-order valence-electron chi connectivity index (χ0n) is 7.51. The number of aliphatic hydroxyl groups is 1. The van der Waals surface area contributed by atoms with E-state index in [9.17, 15) is 5.11 Å². The van der Waals surface area contributed by atoms with Gasteiger partial charge in [0, 0.05) is 0 Å². The first-order valence-corrected chi connectivity index (χ1v) is 4.87. The Bertz CT molecular complexity index is 152. The molecule has 1 heteroatoms. The minimum Gasteiger partial charge on any atom is -0.389 e. The fourth-order valence-electron chi connectivity index (χ4n) is 3.00. The highest BCUT2D eigenvalue weighted by atomic mass is 16.3. The first kappa shape index (κ1) is 7.60. The van der Waals surface area contributed by atoms with Gasteiger partial charge in [0.2, 0.25) is 0 Å². The van der Waals surface area contributed by atoms with Crippen LogP contribution in [0.2, 0.25) is 0 Å². The summed E-state index contributed by atoms with van der Waals surface area (Å²) in [7, 11) is 0. The Morgan fingerprint density at radius 3 is 2.36 bits per heavy atom. The van der Waals surface area contributed by atoms with E-state index < -0.39 is 0 Å². The molecule has 2 atom stereocenters. The van der Waals surface area contributed by atoms with Crippen molar-refractivity contribution in [3.05, 3.63) is 0 Å². The summed E-state index contributed by atoms with van der Waals surface area (Å²) < 4.78 is 0. The summed E-state index contributed by atoms with van der Waals surface area (Å²) in [5, 5.41) is 10.1. The Balaban J connectivity index is 1.94. The van der Waals surface area contributed by atoms with E-state index in [1.165, 1.54) is 19.3 Å². The molecule has 2 unspecified atom stereocenters. The summed E-state index contributed by atoms with van der Waals surface area (Å²) in [6.07, 6.45) is 4.96. The summed E-state index contributed by atoms with van der Waals surface area (Å²) in [5.74, 6) is 2.03. The molecule has 64 valence electrons. The lowest BCUT2D eigenvalue weighted by Crippen LogP contribution is -2.18. The van der Waals surface area contributed by atoms with Crippen LogP contribution in [0.1, 0.15) is 39.5 Å². The molecule has 1 N–H and O–H groups in total. The molecule has 2 fully saturated rings. The van der Waals surface area contributed by atoms with Crippen LogP contribution >= 0.6 is 0 Å². The third-order valence-electron chi connectivity index (χ3n) is 3.43. The predicted octanol–water partition coefficient (Wildman–Crippen LogP) is 2.19. The Hall–Kier alpha value is -0.0400. The van der Waals surface area contributed by atoms with Crippen LogP contribution in [0.15, 0.2) is 0 Å². The summed E-state index contributed by atoms with van der Waals surface area (Å²) in [6, 6.07) is 0. The largest absolute Gasteiger partial charge is 0.389 e. The van der Waals surface area contributed by atoms with E-state index in [1.807, 2.05) is 0 Å². The van der Waals surface area contributed by atoms with Crippen LogP contribution in [0.5, 0.6) is 0 Å². The quantitative estimate of drug-likeness (QED) is 0.646. The fraction of sp³-hybridized carbons (Fsp3) is 1.00. The van der Waals surface area contributed by atoms with Crippen LogP contribution in [-0.4, -0.2) is 10.7 Å². The number of rotatable bonds is 2. The normalized spacial score (nSPS) is 48.0. The highest BCUT2D eigenvalue weighted by molar-refractivity contribution is 5.14. The van der Waals surface area contributed by atoms with Gasteiger partial charge in [-0.25, -0.2) is 0 Å². The summed E-state index contributed by atoms with van der Waals surface area (Å²) in [4.78, 5) is 0. The van der Waals surface area contributed by atoms with E-state index in [1.54, 1.807) is 0 Å². The van der Waals surface area contributed by atoms with Gasteiger partial charge in [-0.1, -0.05) is 20.3 Å². The number of fused-ring (bicyclic) bond motifs is 1. The summed E-state index contributed by atoms with van der Waals surface area (Å²) in [5.41, 5.74) is -0.216. The van der Waals surface area contributed by atoms with Gasteiger partial charge in [0.05, 0.1) is 5.60 Å². The monoisotopic (exact) mass is 154 g/mol. The van der Waals surface area contributed by atoms with Crippen LogP contribution in [-0.2, 0) is 0 Å². The molecule has 1 nitrogen and oxygen atoms in total. The average Bonchev–Trinajstić information content (AvgIpc) is 2.33. The zero-order chi connectivity index (χ0) is 8.06. The molecule has 0 bridgehead atoms. The van der Waals surface area contributed by atoms with Gasteiger partial charge in [0.25, 0.3) is 0 Å². The van der Waals surface area contributed by atoms with Crippen LogP contribution in [0.25, 0.3) is 0 Å². The lowest BCUT2D eigenvalue weighted by Gasteiger charge is -2.16. The Morgan fingerprint density at radius 2 is 1.91 bits per heavy atom. The van der Waals surface area contributed by atoms with Gasteiger partial charge < -0.3 is 5.11 Å². The van der Waals surface area contributed by atoms with Crippen molar-refractivity contribution in [3.63, 3.8) is 0 Å². The molecule has 0 spiro atoms. The zero-order valence-corrected chi connectivity index (χ0v) is 7.51. The molecule has 0 aromatic heterocycles. The summed E-state index contributed by atoms with van der Waals surface area (Å²) >= 11 is 0. The minimum absolute atomic E-state index is 0.216. The molecule has 2 aliphatic carbocycles. The van der Waals surface area contributed by atoms with Crippen molar-refractivity contribution in [1.82, 2.24) is 0 Å². The van der Waals surface area contributed by atoms with Crippen LogP contribution in [0.3, 0.4) is 0 Å². The minimum atomic E-state index is -0.216. The first-order chi connectivity index (χ1) is 5.14. The molecule has 0 heterocycles. The van der Waals surface area contributed by atoms with Crippen molar-refractivity contribution >= 4 is 0 Å². The van der Waals surface area contributed by atoms with Crippen molar-refractivity contribution in [2.45, 2.75) is 45.1 Å². The van der Waals surface area contributed by atoms with Gasteiger partial charge in [-0.2, -0.15) is 0 Å². The van der Waals surface area contributed by atoms with Crippen molar-refractivity contribution in [2.24, 2.45) is 17.8 Å². The van der Waals surface area contributed by atoms with Gasteiger partial charge in [-0.15, -0.1) is 0 Å². The fourth-order valence-corrected chi connectivity index (χ4v) is 3.00. The lowest BCUT2D eigenvalue weighted by molar-refractivity contribution is 0.0832. The standard InChI is InChI=1S/C10H18O/c1-7(2)6-10(11)8-4-3-5-9(8)10/h7-9,11H,3-6H2,1-2H3. The van der Waals surface area contributed by atoms with E-state index in [-0.39, 0.29) is 5.60 Å². The SMILES string of the molecule is CC(C)CC1(O)C2CCCC21. The van der Waals surface area contributed by atoms with E-state index >= 15 is 0 Å². The van der Waals surface area contributed by atoms with Gasteiger partial charge >= 0.3 is 0 Å². The van der Waals surface area contributed by atoms with Gasteiger partial charge in [-0.3, -0.25) is 0 Å². The molecular formula is C10H18O. The van der Waals surface area contributed by atoms with E-state index in [2.05, 4.69) is 13.8 Å². The molecule has 2 aliphatic rings. The van der Waals surface area contributed by atoms with Crippen LogP contribution < -0.4 is 0 Å². The molecule has 0 aliphatic heterocycles. The maximum Gasteiger partial charge on any atom is 0.0713 e. The van der Waals surface area contributed by atoms with E-state index in [4.69, 9.17) is 0 Å². The second-order valence-corrected chi connectivity index (χ2v) is 4.73. The van der Waals surface area contributed by atoms with Crippen molar-refractivity contribution in [3.8, 4) is 0 Å². The molecular weight excluding hydrogens is 136 g/mol. The molecule has 0 aromatic carbocycles. The maximum absolute atomic E-state index is 10.1. The van der Waals surface area contributed by atoms with Crippen LogP contribution in [0.4, 0.5) is 0 Å². The molecule has 0 saturated heterocycles. The maximum atomic E-state index is 10.1. The van der Waals surface area contributed by atoms with Crippen LogP contribution in [0, 0.1) is 17.8 Å². The summed E-state index contributed by atoms with van der Waals surface area (Å²) in [6.45, 7) is 4.40. The molecule has 2 rings (SSSR count). The lowest BCUT2D eigenvalue weighted by atomic mass is 9.97. The first-order valence-electron chi connectivity index (χ1n) is 4.87. The highest BCUT2D eigenvalue weighted by Crippen LogP contribution is 2.62. The van der Waals surface area contributed by atoms with Gasteiger partial charge in [-0.05, 0) is 37.0 Å².